The lowest BCUT2D eigenvalue weighted by Gasteiger charge is -2.26. The van der Waals surface area contributed by atoms with Gasteiger partial charge in [-0.25, -0.2) is 0 Å². The molecular weight excluding hydrogens is 168 g/mol. The summed E-state index contributed by atoms with van der Waals surface area (Å²) in [5.41, 5.74) is 5.78. The van der Waals surface area contributed by atoms with Crippen molar-refractivity contribution in [1.82, 2.24) is 4.90 Å². The van der Waals surface area contributed by atoms with Crippen LogP contribution in [0.25, 0.3) is 0 Å². The smallest absolute Gasteiger partial charge is 0.309 e. The topological polar surface area (TPSA) is 66.6 Å². The summed E-state index contributed by atoms with van der Waals surface area (Å²) in [6, 6.07) is 0.188. The van der Waals surface area contributed by atoms with Gasteiger partial charge < -0.3 is 10.8 Å². The van der Waals surface area contributed by atoms with Crippen molar-refractivity contribution in [2.75, 3.05) is 6.54 Å². The second-order valence-corrected chi connectivity index (χ2v) is 4.06. The highest BCUT2D eigenvalue weighted by Gasteiger charge is 2.42. The van der Waals surface area contributed by atoms with Crippen LogP contribution < -0.4 is 5.73 Å². The number of rotatable bonds is 2. The van der Waals surface area contributed by atoms with Crippen molar-refractivity contribution in [1.29, 1.82) is 0 Å². The van der Waals surface area contributed by atoms with Crippen LogP contribution in [0.1, 0.15) is 20.8 Å². The Hall–Kier alpha value is -0.610. The first-order chi connectivity index (χ1) is 5.95. The molecule has 0 spiro atoms. The Labute approximate surface area is 78.7 Å². The van der Waals surface area contributed by atoms with Gasteiger partial charge in [0, 0.05) is 24.7 Å². The molecule has 0 radical (unpaired) electrons. The molecule has 1 heterocycles. The lowest BCUT2D eigenvalue weighted by Crippen LogP contribution is -2.38. The van der Waals surface area contributed by atoms with Gasteiger partial charge in [0.05, 0.1) is 5.92 Å². The van der Waals surface area contributed by atoms with Crippen LogP contribution >= 0.6 is 0 Å². The van der Waals surface area contributed by atoms with Crippen molar-refractivity contribution in [2.24, 2.45) is 11.7 Å². The normalized spacial score (nSPS) is 35.6. The van der Waals surface area contributed by atoms with E-state index in [2.05, 4.69) is 18.7 Å². The zero-order valence-corrected chi connectivity index (χ0v) is 8.40. The van der Waals surface area contributed by atoms with E-state index in [1.54, 1.807) is 0 Å². The fourth-order valence-electron chi connectivity index (χ4n) is 2.16. The van der Waals surface area contributed by atoms with Crippen molar-refractivity contribution in [3.05, 3.63) is 0 Å². The summed E-state index contributed by atoms with van der Waals surface area (Å²) >= 11 is 0. The molecule has 0 aromatic heterocycles. The Kier molecular flexibility index (Phi) is 2.93. The Morgan fingerprint density at radius 3 is 2.38 bits per heavy atom. The van der Waals surface area contributed by atoms with Gasteiger partial charge in [-0.05, 0) is 20.8 Å². The second kappa shape index (κ2) is 3.64. The first kappa shape index (κ1) is 10.5. The van der Waals surface area contributed by atoms with E-state index >= 15 is 0 Å². The van der Waals surface area contributed by atoms with Crippen molar-refractivity contribution in [3.8, 4) is 0 Å². The molecule has 3 unspecified atom stereocenters. The highest BCUT2D eigenvalue weighted by Crippen LogP contribution is 2.25. The number of hydrogen-bond acceptors (Lipinski definition) is 3. The Morgan fingerprint density at radius 1 is 1.62 bits per heavy atom. The number of hydrogen-bond donors (Lipinski definition) is 2. The summed E-state index contributed by atoms with van der Waals surface area (Å²) in [6.07, 6.45) is 0. The molecule has 0 aromatic rings. The van der Waals surface area contributed by atoms with Gasteiger partial charge in [0.1, 0.15) is 0 Å². The van der Waals surface area contributed by atoms with Crippen LogP contribution in [0.4, 0.5) is 0 Å². The van der Waals surface area contributed by atoms with Gasteiger partial charge in [-0.15, -0.1) is 0 Å². The summed E-state index contributed by atoms with van der Waals surface area (Å²) in [5, 5.41) is 8.95. The monoisotopic (exact) mass is 186 g/mol. The minimum Gasteiger partial charge on any atom is -0.481 e. The first-order valence-electron chi connectivity index (χ1n) is 4.69. The van der Waals surface area contributed by atoms with Crippen LogP contribution in [0.15, 0.2) is 0 Å². The predicted molar refractivity (Wildman–Crippen MR) is 50.4 cm³/mol. The molecule has 3 N–H and O–H groups in total. The van der Waals surface area contributed by atoms with Crippen LogP contribution in [-0.2, 0) is 4.79 Å². The Balaban J connectivity index is 2.75. The lowest BCUT2D eigenvalue weighted by atomic mass is 9.98. The number of carboxylic acid groups (broad SMARTS) is 1. The molecule has 1 fully saturated rings. The van der Waals surface area contributed by atoms with Gasteiger partial charge in [-0.1, -0.05) is 0 Å². The molecule has 1 aliphatic rings. The van der Waals surface area contributed by atoms with Crippen molar-refractivity contribution in [3.63, 3.8) is 0 Å². The molecule has 0 bridgehead atoms. The SMILES string of the molecule is CC(C)N1CC(N)C(C(=O)O)C1C. The number of nitrogens with two attached hydrogens (primary N) is 1. The molecule has 4 heteroatoms. The van der Waals surface area contributed by atoms with Crippen molar-refractivity contribution < 1.29 is 9.90 Å². The largest absolute Gasteiger partial charge is 0.481 e. The summed E-state index contributed by atoms with van der Waals surface area (Å²) in [7, 11) is 0. The van der Waals surface area contributed by atoms with Crippen LogP contribution in [-0.4, -0.2) is 40.6 Å². The fraction of sp³-hybridized carbons (Fsp3) is 0.889. The molecule has 0 aromatic carbocycles. The summed E-state index contributed by atoms with van der Waals surface area (Å²) in [6.45, 7) is 6.75. The van der Waals surface area contributed by atoms with E-state index in [1.165, 1.54) is 0 Å². The number of carboxylic acids is 1. The highest BCUT2D eigenvalue weighted by molar-refractivity contribution is 5.72. The molecule has 0 amide bonds. The third-order valence-corrected chi connectivity index (χ3v) is 2.87. The molecule has 13 heavy (non-hydrogen) atoms. The third kappa shape index (κ3) is 1.84. The van der Waals surface area contributed by atoms with Gasteiger partial charge in [-0.3, -0.25) is 9.69 Å². The van der Waals surface area contributed by atoms with E-state index in [0.29, 0.717) is 12.6 Å². The predicted octanol–water partition coefficient (Wildman–Crippen LogP) is 0.127. The Bertz CT molecular complexity index is 206. The van der Waals surface area contributed by atoms with Gasteiger partial charge in [-0.2, -0.15) is 0 Å². The molecule has 1 saturated heterocycles. The molecule has 3 atom stereocenters. The number of aliphatic carboxylic acids is 1. The van der Waals surface area contributed by atoms with Gasteiger partial charge in [0.25, 0.3) is 0 Å². The maximum absolute atomic E-state index is 10.9. The standard InChI is InChI=1S/C9H18N2O2/c1-5(2)11-4-7(10)8(6(11)3)9(12)13/h5-8H,4,10H2,1-3H3,(H,12,13). The van der Waals surface area contributed by atoms with Crippen LogP contribution in [0, 0.1) is 5.92 Å². The number of nitrogens with zero attached hydrogens (tertiary/aromatic N) is 1. The molecule has 0 aliphatic carbocycles. The van der Waals surface area contributed by atoms with E-state index in [1.807, 2.05) is 6.92 Å². The van der Waals surface area contributed by atoms with E-state index < -0.39 is 11.9 Å². The summed E-state index contributed by atoms with van der Waals surface area (Å²) in [4.78, 5) is 13.0. The zero-order chi connectivity index (χ0) is 10.2. The van der Waals surface area contributed by atoms with Gasteiger partial charge >= 0.3 is 5.97 Å². The van der Waals surface area contributed by atoms with Crippen molar-refractivity contribution in [2.45, 2.75) is 38.9 Å². The molecule has 1 aliphatic heterocycles. The average molecular weight is 186 g/mol. The van der Waals surface area contributed by atoms with Crippen LogP contribution in [0.5, 0.6) is 0 Å². The van der Waals surface area contributed by atoms with Gasteiger partial charge in [0.2, 0.25) is 0 Å². The second-order valence-electron chi connectivity index (χ2n) is 4.06. The van der Waals surface area contributed by atoms with Crippen molar-refractivity contribution >= 4 is 5.97 Å². The highest BCUT2D eigenvalue weighted by atomic mass is 16.4. The Morgan fingerprint density at radius 2 is 2.15 bits per heavy atom. The minimum absolute atomic E-state index is 0.0486. The molecule has 4 nitrogen and oxygen atoms in total. The summed E-state index contributed by atoms with van der Waals surface area (Å²) in [5.74, 6) is -1.19. The average Bonchev–Trinajstić information content (AvgIpc) is 2.26. The lowest BCUT2D eigenvalue weighted by molar-refractivity contribution is -0.142. The van der Waals surface area contributed by atoms with Crippen LogP contribution in [0.3, 0.4) is 0 Å². The minimum atomic E-state index is -0.775. The maximum atomic E-state index is 10.9. The summed E-state index contributed by atoms with van der Waals surface area (Å²) < 4.78 is 0. The third-order valence-electron chi connectivity index (χ3n) is 2.87. The quantitative estimate of drug-likeness (QED) is 0.643. The van der Waals surface area contributed by atoms with E-state index in [9.17, 15) is 4.79 Å². The first-order valence-corrected chi connectivity index (χ1v) is 4.69. The van der Waals surface area contributed by atoms with E-state index in [0.717, 1.165) is 0 Å². The fourth-order valence-corrected chi connectivity index (χ4v) is 2.16. The van der Waals surface area contributed by atoms with Crippen LogP contribution in [0.2, 0.25) is 0 Å². The molecule has 1 rings (SSSR count). The zero-order valence-electron chi connectivity index (χ0n) is 8.40. The number of likely N-dealkylation sites (tertiary alicyclic amines) is 1. The number of carbonyl (C=O) groups is 1. The molecular formula is C9H18N2O2. The molecule has 0 saturated carbocycles. The van der Waals surface area contributed by atoms with E-state index in [-0.39, 0.29) is 12.1 Å². The van der Waals surface area contributed by atoms with Gasteiger partial charge in [0.15, 0.2) is 0 Å². The van der Waals surface area contributed by atoms with E-state index in [4.69, 9.17) is 10.8 Å². The molecule has 76 valence electrons. The maximum Gasteiger partial charge on any atom is 0.309 e.